The number of H-pyrrole nitrogens is 1. The van der Waals surface area contributed by atoms with E-state index in [1.165, 1.54) is 6.20 Å². The Kier molecular flexibility index (Phi) is 5.42. The Hall–Kier alpha value is -3.21. The van der Waals surface area contributed by atoms with Crippen LogP contribution in [0.3, 0.4) is 0 Å². The topological polar surface area (TPSA) is 105 Å². The maximum atomic E-state index is 12.9. The van der Waals surface area contributed by atoms with Crippen LogP contribution in [0.15, 0.2) is 59.8 Å². The number of rotatable bonds is 5. The van der Waals surface area contributed by atoms with Crippen LogP contribution in [0.25, 0.3) is 11.3 Å². The van der Waals surface area contributed by atoms with Crippen molar-refractivity contribution in [2.45, 2.75) is 29.7 Å². The lowest BCUT2D eigenvalue weighted by molar-refractivity contribution is -0.141. The molecule has 30 heavy (non-hydrogen) atoms. The van der Waals surface area contributed by atoms with Gasteiger partial charge in [0.25, 0.3) is 0 Å². The lowest BCUT2D eigenvalue weighted by Crippen LogP contribution is -2.44. The molecule has 3 aromatic rings. The highest BCUT2D eigenvalue weighted by atomic mass is 32.2. The van der Waals surface area contributed by atoms with E-state index in [1.54, 1.807) is 0 Å². The van der Waals surface area contributed by atoms with Gasteiger partial charge in [0, 0.05) is 6.20 Å². The minimum absolute atomic E-state index is 0.0349. The molecule has 0 radical (unpaired) electrons. The average Bonchev–Trinajstić information content (AvgIpc) is 3.16. The van der Waals surface area contributed by atoms with Gasteiger partial charge in [-0.2, -0.15) is 13.2 Å². The van der Waals surface area contributed by atoms with E-state index in [4.69, 9.17) is 0 Å². The Labute approximate surface area is 170 Å². The van der Waals surface area contributed by atoms with Crippen LogP contribution >= 0.6 is 0 Å². The van der Waals surface area contributed by atoms with E-state index in [2.05, 4.69) is 20.3 Å². The van der Waals surface area contributed by atoms with Crippen molar-refractivity contribution in [3.05, 3.63) is 60.6 Å². The van der Waals surface area contributed by atoms with E-state index in [9.17, 15) is 26.4 Å². The van der Waals surface area contributed by atoms with Gasteiger partial charge in [0.15, 0.2) is 9.84 Å². The molecule has 0 saturated heterocycles. The first kappa shape index (κ1) is 21.5. The van der Waals surface area contributed by atoms with Gasteiger partial charge in [0.2, 0.25) is 11.9 Å². The molecule has 0 bridgehead atoms. The van der Waals surface area contributed by atoms with Crippen LogP contribution in [-0.4, -0.2) is 34.0 Å². The Bertz CT molecular complexity index is 1160. The quantitative estimate of drug-likeness (QED) is 0.632. The Morgan fingerprint density at radius 1 is 1.00 bits per heavy atom. The number of pyridine rings is 1. The highest BCUT2D eigenvalue weighted by molar-refractivity contribution is 7.93. The number of amides is 1. The van der Waals surface area contributed by atoms with Gasteiger partial charge >= 0.3 is 6.18 Å². The standard InChI is InChI=1S/C19H17F3N4O3S/c1-18(2,30(28,29)13-8-9-15(23-10-13)19(20,21)22)16(27)26-17-24-11-14(25-17)12-6-4-3-5-7-12/h3-11H,1-2H3,(H2,24,25,26,27). The summed E-state index contributed by atoms with van der Waals surface area (Å²) < 4.78 is 61.7. The molecule has 0 aliphatic heterocycles. The van der Waals surface area contributed by atoms with Gasteiger partial charge in [0.1, 0.15) is 10.4 Å². The maximum absolute atomic E-state index is 12.9. The number of halogens is 3. The molecule has 0 aliphatic rings. The Morgan fingerprint density at radius 3 is 2.23 bits per heavy atom. The molecule has 0 aliphatic carbocycles. The molecule has 1 aromatic carbocycles. The first-order valence-corrected chi connectivity index (χ1v) is 10.1. The highest BCUT2D eigenvalue weighted by Gasteiger charge is 2.44. The minimum Gasteiger partial charge on any atom is -0.324 e. The van der Waals surface area contributed by atoms with Crippen molar-refractivity contribution in [3.63, 3.8) is 0 Å². The number of aromatic amines is 1. The maximum Gasteiger partial charge on any atom is 0.433 e. The third kappa shape index (κ3) is 4.06. The number of alkyl halides is 3. The zero-order valence-corrected chi connectivity index (χ0v) is 16.7. The summed E-state index contributed by atoms with van der Waals surface area (Å²) in [6.45, 7) is 2.30. The molecule has 2 heterocycles. The van der Waals surface area contributed by atoms with E-state index in [0.717, 1.165) is 25.5 Å². The first-order valence-electron chi connectivity index (χ1n) is 8.62. The van der Waals surface area contributed by atoms with Gasteiger partial charge in [0.05, 0.1) is 16.8 Å². The van der Waals surface area contributed by atoms with Crippen LogP contribution in [0.1, 0.15) is 19.5 Å². The fraction of sp³-hybridized carbons (Fsp3) is 0.211. The van der Waals surface area contributed by atoms with Crippen LogP contribution in [0.5, 0.6) is 0 Å². The van der Waals surface area contributed by atoms with Crippen LogP contribution < -0.4 is 5.32 Å². The molecule has 0 fully saturated rings. The van der Waals surface area contributed by atoms with E-state index in [-0.39, 0.29) is 5.95 Å². The number of imidazole rings is 1. The van der Waals surface area contributed by atoms with Gasteiger partial charge in [-0.25, -0.2) is 13.4 Å². The van der Waals surface area contributed by atoms with E-state index >= 15 is 0 Å². The molecule has 3 rings (SSSR count). The number of hydrogen-bond donors (Lipinski definition) is 2. The summed E-state index contributed by atoms with van der Waals surface area (Å²) in [5.74, 6) is -0.871. The van der Waals surface area contributed by atoms with Crippen LogP contribution in [0.2, 0.25) is 0 Å². The number of nitrogens with one attached hydrogen (secondary N) is 2. The van der Waals surface area contributed by atoms with Crippen LogP contribution in [0.4, 0.5) is 19.1 Å². The number of hydrogen-bond acceptors (Lipinski definition) is 5. The summed E-state index contributed by atoms with van der Waals surface area (Å²) in [5.41, 5.74) is 0.194. The second-order valence-corrected chi connectivity index (χ2v) is 9.36. The summed E-state index contributed by atoms with van der Waals surface area (Å²) >= 11 is 0. The predicted octanol–water partition coefficient (Wildman–Crippen LogP) is 3.68. The third-order valence-corrected chi connectivity index (χ3v) is 6.84. The fourth-order valence-electron chi connectivity index (χ4n) is 2.53. The molecular formula is C19H17F3N4O3S. The zero-order chi connectivity index (χ0) is 22.2. The van der Waals surface area contributed by atoms with Crippen molar-refractivity contribution in [2.75, 3.05) is 5.32 Å². The number of anilines is 1. The molecule has 1 amide bonds. The van der Waals surface area contributed by atoms with Gasteiger partial charge in [-0.15, -0.1) is 0 Å². The highest BCUT2D eigenvalue weighted by Crippen LogP contribution is 2.30. The summed E-state index contributed by atoms with van der Waals surface area (Å²) in [7, 11) is -4.35. The Balaban J connectivity index is 1.82. The fourth-order valence-corrected chi connectivity index (χ4v) is 3.85. The SMILES string of the molecule is CC(C)(C(=O)Nc1ncc(-c2ccccc2)[nH]1)S(=O)(=O)c1ccc(C(F)(F)F)nc1. The zero-order valence-electron chi connectivity index (χ0n) is 15.9. The second-order valence-electron chi connectivity index (χ2n) is 6.86. The molecule has 2 N–H and O–H groups in total. The Morgan fingerprint density at radius 2 is 1.67 bits per heavy atom. The van der Waals surface area contributed by atoms with Crippen LogP contribution in [-0.2, 0) is 20.8 Å². The summed E-state index contributed by atoms with van der Waals surface area (Å²) in [5, 5.41) is 2.40. The number of aromatic nitrogens is 3. The van der Waals surface area contributed by atoms with E-state index < -0.39 is 37.3 Å². The molecular weight excluding hydrogens is 421 g/mol. The minimum atomic E-state index is -4.70. The summed E-state index contributed by atoms with van der Waals surface area (Å²) in [6.07, 6.45) is -2.63. The van der Waals surface area contributed by atoms with Gasteiger partial charge in [-0.05, 0) is 31.5 Å². The average molecular weight is 438 g/mol. The number of nitrogens with zero attached hydrogens (tertiary/aromatic N) is 2. The lowest BCUT2D eigenvalue weighted by atomic mass is 10.2. The second kappa shape index (κ2) is 7.56. The molecule has 2 aromatic heterocycles. The first-order chi connectivity index (χ1) is 13.9. The summed E-state index contributed by atoms with van der Waals surface area (Å²) in [4.78, 5) is 22.2. The number of carbonyl (C=O) groups is 1. The third-order valence-electron chi connectivity index (χ3n) is 4.45. The molecule has 0 unspecified atom stereocenters. The van der Waals surface area contributed by atoms with E-state index in [0.29, 0.717) is 18.0 Å². The van der Waals surface area contributed by atoms with Crippen molar-refractivity contribution in [1.82, 2.24) is 15.0 Å². The lowest BCUT2D eigenvalue weighted by Gasteiger charge is -2.23. The summed E-state index contributed by atoms with van der Waals surface area (Å²) in [6, 6.07) is 10.5. The molecule has 158 valence electrons. The largest absolute Gasteiger partial charge is 0.433 e. The normalized spacial score (nSPS) is 12.6. The predicted molar refractivity (Wildman–Crippen MR) is 103 cm³/mol. The smallest absolute Gasteiger partial charge is 0.324 e. The van der Waals surface area contributed by atoms with Crippen molar-refractivity contribution in [3.8, 4) is 11.3 Å². The van der Waals surface area contributed by atoms with Crippen molar-refractivity contribution in [2.24, 2.45) is 0 Å². The molecule has 0 saturated carbocycles. The number of sulfone groups is 1. The van der Waals surface area contributed by atoms with Crippen LogP contribution in [0, 0.1) is 0 Å². The van der Waals surface area contributed by atoms with Gasteiger partial charge in [-0.3, -0.25) is 15.1 Å². The van der Waals surface area contributed by atoms with Crippen molar-refractivity contribution >= 4 is 21.7 Å². The molecule has 0 spiro atoms. The van der Waals surface area contributed by atoms with E-state index in [1.807, 2.05) is 30.3 Å². The molecule has 0 atom stereocenters. The molecule has 11 heteroatoms. The van der Waals surface area contributed by atoms with Crippen molar-refractivity contribution in [1.29, 1.82) is 0 Å². The van der Waals surface area contributed by atoms with Gasteiger partial charge < -0.3 is 4.98 Å². The monoisotopic (exact) mass is 438 g/mol. The van der Waals surface area contributed by atoms with Crippen molar-refractivity contribution < 1.29 is 26.4 Å². The molecule has 7 nitrogen and oxygen atoms in total. The number of carbonyl (C=O) groups excluding carboxylic acids is 1. The number of benzene rings is 1. The van der Waals surface area contributed by atoms with Gasteiger partial charge in [-0.1, -0.05) is 30.3 Å².